The van der Waals surface area contributed by atoms with Crippen molar-refractivity contribution in [2.24, 2.45) is 0 Å². The third kappa shape index (κ3) is 3.74. The highest BCUT2D eigenvalue weighted by molar-refractivity contribution is 5.75. The first-order chi connectivity index (χ1) is 10.3. The van der Waals surface area contributed by atoms with E-state index in [1.807, 2.05) is 18.2 Å². The van der Waals surface area contributed by atoms with E-state index in [9.17, 15) is 4.79 Å². The van der Waals surface area contributed by atoms with Gasteiger partial charge in [-0.2, -0.15) is 0 Å². The molecule has 1 saturated heterocycles. The van der Waals surface area contributed by atoms with Gasteiger partial charge in [-0.25, -0.2) is 4.79 Å². The Morgan fingerprint density at radius 2 is 1.90 bits per heavy atom. The van der Waals surface area contributed by atoms with Crippen LogP contribution in [-0.2, 0) is 10.3 Å². The third-order valence-corrected chi connectivity index (χ3v) is 4.25. The van der Waals surface area contributed by atoms with Crippen LogP contribution in [-0.4, -0.2) is 50.3 Å². The number of hydrogen-bond donors (Lipinski definition) is 2. The Morgan fingerprint density at radius 1 is 1.19 bits per heavy atom. The summed E-state index contributed by atoms with van der Waals surface area (Å²) in [6, 6.07) is 10.1. The summed E-state index contributed by atoms with van der Waals surface area (Å²) >= 11 is 0. The highest BCUT2D eigenvalue weighted by atomic mass is 16.5. The lowest BCUT2D eigenvalue weighted by Gasteiger charge is -2.26. The van der Waals surface area contributed by atoms with E-state index < -0.39 is 0 Å². The van der Waals surface area contributed by atoms with E-state index in [0.717, 1.165) is 45.7 Å². The van der Waals surface area contributed by atoms with Gasteiger partial charge in [0, 0.05) is 26.2 Å². The minimum Gasteiger partial charge on any atom is -0.379 e. The summed E-state index contributed by atoms with van der Waals surface area (Å²) in [5, 5.41) is 6.09. The molecule has 2 N–H and O–H groups in total. The van der Waals surface area contributed by atoms with E-state index in [1.54, 1.807) is 0 Å². The zero-order valence-electron chi connectivity index (χ0n) is 12.3. The maximum Gasteiger partial charge on any atom is 0.315 e. The van der Waals surface area contributed by atoms with E-state index in [1.165, 1.54) is 5.56 Å². The molecule has 5 nitrogen and oxygen atoms in total. The van der Waals surface area contributed by atoms with Crippen molar-refractivity contribution in [2.75, 3.05) is 39.4 Å². The fourth-order valence-corrected chi connectivity index (χ4v) is 2.78. The Morgan fingerprint density at radius 3 is 2.57 bits per heavy atom. The average Bonchev–Trinajstić information content (AvgIpc) is 3.30. The summed E-state index contributed by atoms with van der Waals surface area (Å²) in [5.74, 6) is 0. The summed E-state index contributed by atoms with van der Waals surface area (Å²) < 4.78 is 5.31. The van der Waals surface area contributed by atoms with Crippen LogP contribution in [0, 0.1) is 0 Å². The predicted octanol–water partition coefficient (Wildman–Crippen LogP) is 1.31. The van der Waals surface area contributed by atoms with Crippen molar-refractivity contribution in [1.82, 2.24) is 15.5 Å². The van der Waals surface area contributed by atoms with E-state index in [0.29, 0.717) is 6.54 Å². The molecule has 2 aliphatic rings. The number of urea groups is 1. The van der Waals surface area contributed by atoms with Gasteiger partial charge in [0.2, 0.25) is 0 Å². The summed E-state index contributed by atoms with van der Waals surface area (Å²) in [4.78, 5) is 14.4. The summed E-state index contributed by atoms with van der Waals surface area (Å²) in [5.41, 5.74) is 1.07. The molecule has 0 spiro atoms. The molecule has 0 bridgehead atoms. The molecule has 1 saturated carbocycles. The smallest absolute Gasteiger partial charge is 0.315 e. The molecule has 0 radical (unpaired) electrons. The first-order valence-electron chi connectivity index (χ1n) is 7.70. The molecule has 0 unspecified atom stereocenters. The van der Waals surface area contributed by atoms with Gasteiger partial charge in [0.25, 0.3) is 0 Å². The van der Waals surface area contributed by atoms with Gasteiger partial charge >= 0.3 is 6.03 Å². The van der Waals surface area contributed by atoms with Crippen molar-refractivity contribution in [3.63, 3.8) is 0 Å². The van der Waals surface area contributed by atoms with Gasteiger partial charge in [-0.3, -0.25) is 4.90 Å². The van der Waals surface area contributed by atoms with Crippen LogP contribution in [0.4, 0.5) is 4.79 Å². The lowest BCUT2D eigenvalue weighted by Crippen LogP contribution is -2.46. The molecule has 0 atom stereocenters. The van der Waals surface area contributed by atoms with Gasteiger partial charge in [0.15, 0.2) is 0 Å². The van der Waals surface area contributed by atoms with Crippen molar-refractivity contribution in [1.29, 1.82) is 0 Å². The van der Waals surface area contributed by atoms with Crippen LogP contribution in [0.5, 0.6) is 0 Å². The number of carbonyl (C=O) groups is 1. The summed E-state index contributed by atoms with van der Waals surface area (Å²) in [6.07, 6.45) is 2.04. The molecule has 114 valence electrons. The monoisotopic (exact) mass is 289 g/mol. The van der Waals surface area contributed by atoms with Crippen molar-refractivity contribution in [3.05, 3.63) is 35.9 Å². The first-order valence-corrected chi connectivity index (χ1v) is 7.70. The van der Waals surface area contributed by atoms with Crippen LogP contribution in [0.2, 0.25) is 0 Å². The standard InChI is InChI=1S/C16H23N3O2/c20-15(17-8-9-19-10-12-21-13-11-19)18-16(6-7-16)14-4-2-1-3-5-14/h1-5H,6-13H2,(H2,17,18,20). The van der Waals surface area contributed by atoms with Crippen LogP contribution in [0.15, 0.2) is 30.3 Å². The molecule has 1 heterocycles. The first kappa shape index (κ1) is 14.4. The van der Waals surface area contributed by atoms with Gasteiger partial charge in [-0.15, -0.1) is 0 Å². The Bertz CT molecular complexity index is 468. The second kappa shape index (κ2) is 6.45. The number of carbonyl (C=O) groups excluding carboxylic acids is 1. The van der Waals surface area contributed by atoms with Gasteiger partial charge in [-0.05, 0) is 18.4 Å². The lowest BCUT2D eigenvalue weighted by atomic mass is 10.1. The van der Waals surface area contributed by atoms with E-state index in [2.05, 4.69) is 27.7 Å². The van der Waals surface area contributed by atoms with Gasteiger partial charge in [0.1, 0.15) is 0 Å². The SMILES string of the molecule is O=C(NCCN1CCOCC1)NC1(c2ccccc2)CC1. The van der Waals surface area contributed by atoms with Gasteiger partial charge in [0.05, 0.1) is 18.8 Å². The van der Waals surface area contributed by atoms with Crippen LogP contribution in [0.25, 0.3) is 0 Å². The van der Waals surface area contributed by atoms with Crippen molar-refractivity contribution < 1.29 is 9.53 Å². The Kier molecular flexibility index (Phi) is 4.41. The van der Waals surface area contributed by atoms with Crippen molar-refractivity contribution >= 4 is 6.03 Å². The summed E-state index contributed by atoms with van der Waals surface area (Å²) in [7, 11) is 0. The van der Waals surface area contributed by atoms with E-state index in [4.69, 9.17) is 4.74 Å². The van der Waals surface area contributed by atoms with Crippen LogP contribution in [0.3, 0.4) is 0 Å². The van der Waals surface area contributed by atoms with E-state index in [-0.39, 0.29) is 11.6 Å². The number of hydrogen-bond acceptors (Lipinski definition) is 3. The van der Waals surface area contributed by atoms with Crippen molar-refractivity contribution in [2.45, 2.75) is 18.4 Å². The maximum atomic E-state index is 12.0. The normalized spacial score (nSPS) is 20.8. The molecule has 0 aromatic heterocycles. The van der Waals surface area contributed by atoms with E-state index >= 15 is 0 Å². The average molecular weight is 289 g/mol. The number of rotatable bonds is 5. The molecule has 1 aromatic rings. The Labute approximate surface area is 125 Å². The molecule has 1 aliphatic carbocycles. The molecule has 5 heteroatoms. The number of morpholine rings is 1. The fraction of sp³-hybridized carbons (Fsp3) is 0.562. The van der Waals surface area contributed by atoms with Gasteiger partial charge < -0.3 is 15.4 Å². The molecule has 3 rings (SSSR count). The topological polar surface area (TPSA) is 53.6 Å². The number of benzene rings is 1. The zero-order valence-corrected chi connectivity index (χ0v) is 12.3. The molecule has 21 heavy (non-hydrogen) atoms. The molecule has 1 aromatic carbocycles. The second-order valence-electron chi connectivity index (χ2n) is 5.78. The number of nitrogens with zero attached hydrogens (tertiary/aromatic N) is 1. The minimum atomic E-state index is -0.135. The van der Waals surface area contributed by atoms with Gasteiger partial charge in [-0.1, -0.05) is 30.3 Å². The predicted molar refractivity (Wildman–Crippen MR) is 81.1 cm³/mol. The lowest BCUT2D eigenvalue weighted by molar-refractivity contribution is 0.0387. The highest BCUT2D eigenvalue weighted by Gasteiger charge is 2.45. The van der Waals surface area contributed by atoms with Crippen LogP contribution >= 0.6 is 0 Å². The summed E-state index contributed by atoms with van der Waals surface area (Å²) in [6.45, 7) is 5.06. The fourth-order valence-electron chi connectivity index (χ4n) is 2.78. The molecule has 2 amide bonds. The maximum absolute atomic E-state index is 12.0. The Balaban J connectivity index is 1.42. The zero-order chi connectivity index (χ0) is 14.5. The third-order valence-electron chi connectivity index (χ3n) is 4.25. The molecular weight excluding hydrogens is 266 g/mol. The molecular formula is C16H23N3O2. The highest BCUT2D eigenvalue weighted by Crippen LogP contribution is 2.45. The Hall–Kier alpha value is -1.59. The number of ether oxygens (including phenoxy) is 1. The van der Waals surface area contributed by atoms with Crippen LogP contribution in [0.1, 0.15) is 18.4 Å². The number of amides is 2. The second-order valence-corrected chi connectivity index (χ2v) is 5.78. The number of nitrogens with one attached hydrogen (secondary N) is 2. The van der Waals surface area contributed by atoms with Crippen molar-refractivity contribution in [3.8, 4) is 0 Å². The quantitative estimate of drug-likeness (QED) is 0.859. The van der Waals surface area contributed by atoms with Crippen LogP contribution < -0.4 is 10.6 Å². The molecule has 1 aliphatic heterocycles. The minimum absolute atomic E-state index is 0.0652. The molecule has 2 fully saturated rings. The largest absolute Gasteiger partial charge is 0.379 e.